The van der Waals surface area contributed by atoms with E-state index in [2.05, 4.69) is 12.2 Å². The fraction of sp³-hybridized carbons (Fsp3) is 0.533. The molecule has 1 rings (SSSR count). The Kier molecular flexibility index (Phi) is 6.36. The first kappa shape index (κ1) is 15.5. The van der Waals surface area contributed by atoms with Crippen molar-refractivity contribution in [1.29, 1.82) is 0 Å². The maximum atomic E-state index is 12.2. The predicted octanol–water partition coefficient (Wildman–Crippen LogP) is 2.54. The summed E-state index contributed by atoms with van der Waals surface area (Å²) in [7, 11) is 3.50. The van der Waals surface area contributed by atoms with Crippen molar-refractivity contribution in [3.05, 3.63) is 29.3 Å². The van der Waals surface area contributed by atoms with Gasteiger partial charge in [-0.1, -0.05) is 0 Å². The Hall–Kier alpha value is -1.55. The van der Waals surface area contributed by atoms with E-state index in [0.717, 1.165) is 29.8 Å². The van der Waals surface area contributed by atoms with Crippen molar-refractivity contribution in [3.63, 3.8) is 0 Å². The quantitative estimate of drug-likeness (QED) is 0.769. The smallest absolute Gasteiger partial charge is 0.253 e. The number of amides is 1. The van der Waals surface area contributed by atoms with Gasteiger partial charge in [-0.15, -0.1) is 0 Å². The van der Waals surface area contributed by atoms with Gasteiger partial charge in [-0.2, -0.15) is 0 Å². The van der Waals surface area contributed by atoms with Gasteiger partial charge in [0.25, 0.3) is 5.91 Å². The highest BCUT2D eigenvalue weighted by molar-refractivity contribution is 5.94. The molecule has 1 aromatic rings. The molecule has 19 heavy (non-hydrogen) atoms. The summed E-state index contributed by atoms with van der Waals surface area (Å²) in [5, 5.41) is 3.27. The Labute approximate surface area is 115 Å². The van der Waals surface area contributed by atoms with Crippen molar-refractivity contribution in [2.24, 2.45) is 0 Å². The van der Waals surface area contributed by atoms with Gasteiger partial charge in [0.15, 0.2) is 0 Å². The molecule has 106 valence electrons. The molecule has 0 aliphatic rings. The highest BCUT2D eigenvalue weighted by Crippen LogP contribution is 2.17. The van der Waals surface area contributed by atoms with Crippen molar-refractivity contribution in [3.8, 4) is 0 Å². The lowest BCUT2D eigenvalue weighted by atomic mass is 10.1. The van der Waals surface area contributed by atoms with E-state index < -0.39 is 0 Å². The van der Waals surface area contributed by atoms with Gasteiger partial charge in [0.1, 0.15) is 0 Å². The van der Waals surface area contributed by atoms with Crippen LogP contribution in [0.4, 0.5) is 5.69 Å². The third-order valence-electron chi connectivity index (χ3n) is 3.03. The topological polar surface area (TPSA) is 41.6 Å². The molecule has 0 bridgehead atoms. The van der Waals surface area contributed by atoms with Gasteiger partial charge in [0.05, 0.1) is 0 Å². The molecule has 0 aromatic heterocycles. The first-order chi connectivity index (χ1) is 9.10. The fourth-order valence-corrected chi connectivity index (χ4v) is 1.95. The SMILES string of the molecule is CCNc1ccc(C(=O)N(C)CCCOC)cc1C. The number of aryl methyl sites for hydroxylation is 1. The minimum absolute atomic E-state index is 0.0576. The van der Waals surface area contributed by atoms with Gasteiger partial charge in [-0.3, -0.25) is 4.79 Å². The Balaban J connectivity index is 2.68. The number of anilines is 1. The molecule has 4 heteroatoms. The number of ether oxygens (including phenoxy) is 1. The first-order valence-electron chi connectivity index (χ1n) is 6.69. The molecule has 0 radical (unpaired) electrons. The van der Waals surface area contributed by atoms with E-state index in [1.807, 2.05) is 32.2 Å². The van der Waals surface area contributed by atoms with Crippen molar-refractivity contribution >= 4 is 11.6 Å². The first-order valence-corrected chi connectivity index (χ1v) is 6.69. The molecule has 0 spiro atoms. The van der Waals surface area contributed by atoms with Crippen LogP contribution in [0, 0.1) is 6.92 Å². The third kappa shape index (κ3) is 4.56. The van der Waals surface area contributed by atoms with Gasteiger partial charge >= 0.3 is 0 Å². The molecule has 1 amide bonds. The second-order valence-electron chi connectivity index (χ2n) is 4.63. The number of carbonyl (C=O) groups is 1. The lowest BCUT2D eigenvalue weighted by molar-refractivity contribution is 0.0779. The third-order valence-corrected chi connectivity index (χ3v) is 3.03. The number of hydrogen-bond donors (Lipinski definition) is 1. The highest BCUT2D eigenvalue weighted by atomic mass is 16.5. The molecule has 0 aliphatic heterocycles. The number of hydrogen-bond acceptors (Lipinski definition) is 3. The molecule has 0 atom stereocenters. The number of nitrogens with one attached hydrogen (secondary N) is 1. The van der Waals surface area contributed by atoms with Gasteiger partial charge < -0.3 is 15.0 Å². The lowest BCUT2D eigenvalue weighted by Crippen LogP contribution is -2.28. The van der Waals surface area contributed by atoms with Gasteiger partial charge in [-0.25, -0.2) is 0 Å². The van der Waals surface area contributed by atoms with Gasteiger partial charge in [0.2, 0.25) is 0 Å². The van der Waals surface area contributed by atoms with E-state index in [4.69, 9.17) is 4.74 Å². The maximum Gasteiger partial charge on any atom is 0.253 e. The number of rotatable bonds is 7. The summed E-state index contributed by atoms with van der Waals surface area (Å²) >= 11 is 0. The molecular formula is C15H24N2O2. The molecule has 0 unspecified atom stereocenters. The monoisotopic (exact) mass is 264 g/mol. The van der Waals surface area contributed by atoms with Crippen molar-refractivity contribution in [2.45, 2.75) is 20.3 Å². The zero-order chi connectivity index (χ0) is 14.3. The van der Waals surface area contributed by atoms with E-state index in [0.29, 0.717) is 13.2 Å². The van der Waals surface area contributed by atoms with Crippen LogP contribution in [0.5, 0.6) is 0 Å². The largest absolute Gasteiger partial charge is 0.385 e. The summed E-state index contributed by atoms with van der Waals surface area (Å²) in [5.74, 6) is 0.0576. The van der Waals surface area contributed by atoms with Crippen LogP contribution < -0.4 is 5.32 Å². The van der Waals surface area contributed by atoms with Gasteiger partial charge in [0, 0.05) is 45.1 Å². The lowest BCUT2D eigenvalue weighted by Gasteiger charge is -2.18. The van der Waals surface area contributed by atoms with E-state index in [9.17, 15) is 4.79 Å². The van der Waals surface area contributed by atoms with Crippen LogP contribution in [-0.2, 0) is 4.74 Å². The molecule has 0 heterocycles. The Morgan fingerprint density at radius 3 is 2.74 bits per heavy atom. The molecule has 0 saturated carbocycles. The highest BCUT2D eigenvalue weighted by Gasteiger charge is 2.12. The minimum atomic E-state index is 0.0576. The predicted molar refractivity (Wildman–Crippen MR) is 78.8 cm³/mol. The van der Waals surface area contributed by atoms with E-state index >= 15 is 0 Å². The Bertz CT molecular complexity index is 419. The average Bonchev–Trinajstić information content (AvgIpc) is 2.40. The number of benzene rings is 1. The minimum Gasteiger partial charge on any atom is -0.385 e. The van der Waals surface area contributed by atoms with E-state index in [1.54, 1.807) is 12.0 Å². The molecule has 1 N–H and O–H groups in total. The van der Waals surface area contributed by atoms with Crippen molar-refractivity contribution in [2.75, 3.05) is 39.2 Å². The molecule has 1 aromatic carbocycles. The number of nitrogens with zero attached hydrogens (tertiary/aromatic N) is 1. The second-order valence-corrected chi connectivity index (χ2v) is 4.63. The van der Waals surface area contributed by atoms with E-state index in [-0.39, 0.29) is 5.91 Å². The standard InChI is InChI=1S/C15H24N2O2/c1-5-16-14-8-7-13(11-12(14)2)15(18)17(3)9-6-10-19-4/h7-8,11,16H,5-6,9-10H2,1-4H3. The summed E-state index contributed by atoms with van der Waals surface area (Å²) < 4.78 is 4.99. The van der Waals surface area contributed by atoms with Crippen LogP contribution in [-0.4, -0.2) is 44.7 Å². The Morgan fingerprint density at radius 2 is 2.16 bits per heavy atom. The van der Waals surface area contributed by atoms with Crippen molar-refractivity contribution < 1.29 is 9.53 Å². The number of carbonyl (C=O) groups excluding carboxylic acids is 1. The molecule has 0 aliphatic carbocycles. The van der Waals surface area contributed by atoms with E-state index in [1.165, 1.54) is 0 Å². The molecule has 0 fully saturated rings. The molecular weight excluding hydrogens is 240 g/mol. The molecule has 0 saturated heterocycles. The summed E-state index contributed by atoms with van der Waals surface area (Å²) in [5.41, 5.74) is 2.91. The van der Waals surface area contributed by atoms with Gasteiger partial charge in [-0.05, 0) is 44.0 Å². The van der Waals surface area contributed by atoms with Crippen LogP contribution in [0.2, 0.25) is 0 Å². The zero-order valence-corrected chi connectivity index (χ0v) is 12.3. The Morgan fingerprint density at radius 1 is 1.42 bits per heavy atom. The van der Waals surface area contributed by atoms with Crippen LogP contribution in [0.3, 0.4) is 0 Å². The van der Waals surface area contributed by atoms with Crippen LogP contribution in [0.25, 0.3) is 0 Å². The maximum absolute atomic E-state index is 12.2. The zero-order valence-electron chi connectivity index (χ0n) is 12.3. The van der Waals surface area contributed by atoms with Crippen LogP contribution in [0.15, 0.2) is 18.2 Å². The van der Waals surface area contributed by atoms with Crippen LogP contribution >= 0.6 is 0 Å². The average molecular weight is 264 g/mol. The fourth-order valence-electron chi connectivity index (χ4n) is 1.95. The number of methoxy groups -OCH3 is 1. The summed E-state index contributed by atoms with van der Waals surface area (Å²) in [4.78, 5) is 14.0. The van der Waals surface area contributed by atoms with Crippen LogP contribution in [0.1, 0.15) is 29.3 Å². The summed E-state index contributed by atoms with van der Waals surface area (Å²) in [6.45, 7) is 6.34. The summed E-state index contributed by atoms with van der Waals surface area (Å²) in [6, 6.07) is 5.78. The normalized spacial score (nSPS) is 10.3. The summed E-state index contributed by atoms with van der Waals surface area (Å²) in [6.07, 6.45) is 0.854. The molecule has 4 nitrogen and oxygen atoms in total. The second kappa shape index (κ2) is 7.79. The van der Waals surface area contributed by atoms with Crippen molar-refractivity contribution in [1.82, 2.24) is 4.90 Å².